The summed E-state index contributed by atoms with van der Waals surface area (Å²) in [6, 6.07) is 7.38. The number of carbonyl (C=O) groups excluding carboxylic acids is 2. The van der Waals surface area contributed by atoms with E-state index in [2.05, 4.69) is 15.6 Å². The van der Waals surface area contributed by atoms with Crippen molar-refractivity contribution in [3.8, 4) is 0 Å². The van der Waals surface area contributed by atoms with Gasteiger partial charge in [0.2, 0.25) is 5.91 Å². The molecule has 0 aliphatic carbocycles. The van der Waals surface area contributed by atoms with E-state index in [4.69, 9.17) is 0 Å². The first kappa shape index (κ1) is 15.1. The number of amides is 2. The Kier molecular flexibility index (Phi) is 5.78. The zero-order valence-electron chi connectivity index (χ0n) is 11.5. The molecule has 0 bridgehead atoms. The quantitative estimate of drug-likeness (QED) is 0.541. The highest BCUT2D eigenvalue weighted by Crippen LogP contribution is 2.07. The molecule has 0 atom stereocenters. The zero-order valence-corrected chi connectivity index (χ0v) is 12.3. The molecule has 0 saturated carbocycles. The summed E-state index contributed by atoms with van der Waals surface area (Å²) in [5.41, 5.74) is 0.883. The Morgan fingerprint density at radius 2 is 2.05 bits per heavy atom. The van der Waals surface area contributed by atoms with Crippen molar-refractivity contribution in [1.29, 1.82) is 0 Å². The van der Waals surface area contributed by atoms with Crippen LogP contribution < -0.4 is 10.6 Å². The van der Waals surface area contributed by atoms with Crippen LogP contribution in [-0.4, -0.2) is 29.9 Å². The number of nitrogens with one attached hydrogen (secondary N) is 3. The summed E-state index contributed by atoms with van der Waals surface area (Å²) < 4.78 is 0. The van der Waals surface area contributed by atoms with Crippen LogP contribution in [0.15, 0.2) is 41.9 Å². The summed E-state index contributed by atoms with van der Waals surface area (Å²) >= 11 is 1.41. The fraction of sp³-hybridized carbons (Fsp3) is 0.200. The van der Waals surface area contributed by atoms with E-state index >= 15 is 0 Å². The maximum atomic E-state index is 11.6. The number of aromatic amines is 1. The minimum atomic E-state index is -0.144. The number of rotatable bonds is 7. The van der Waals surface area contributed by atoms with Gasteiger partial charge in [-0.15, -0.1) is 11.3 Å². The van der Waals surface area contributed by atoms with Crippen LogP contribution >= 0.6 is 11.3 Å². The minimum Gasteiger partial charge on any atom is -0.362 e. The summed E-state index contributed by atoms with van der Waals surface area (Å²) in [4.78, 5) is 26.8. The molecule has 0 aliphatic heterocycles. The van der Waals surface area contributed by atoms with Crippen molar-refractivity contribution in [2.45, 2.75) is 6.42 Å². The first-order chi connectivity index (χ1) is 10.3. The summed E-state index contributed by atoms with van der Waals surface area (Å²) in [5.74, 6) is -0.211. The highest BCUT2D eigenvalue weighted by molar-refractivity contribution is 7.12. The molecule has 0 saturated heterocycles. The zero-order chi connectivity index (χ0) is 14.9. The van der Waals surface area contributed by atoms with Gasteiger partial charge in [0.1, 0.15) is 0 Å². The fourth-order valence-corrected chi connectivity index (χ4v) is 2.31. The van der Waals surface area contributed by atoms with E-state index in [1.165, 1.54) is 17.4 Å². The van der Waals surface area contributed by atoms with Crippen LogP contribution in [0.2, 0.25) is 0 Å². The number of carbonyl (C=O) groups is 2. The second kappa shape index (κ2) is 8.06. The average Bonchev–Trinajstić information content (AvgIpc) is 3.17. The van der Waals surface area contributed by atoms with E-state index in [0.717, 1.165) is 5.69 Å². The number of H-pyrrole nitrogens is 1. The van der Waals surface area contributed by atoms with Crippen LogP contribution in [0.3, 0.4) is 0 Å². The lowest BCUT2D eigenvalue weighted by Crippen LogP contribution is -2.28. The highest BCUT2D eigenvalue weighted by Gasteiger charge is 2.04. The Balaban J connectivity index is 1.57. The Bertz CT molecular complexity index is 588. The molecule has 110 valence electrons. The molecule has 2 aromatic heterocycles. The van der Waals surface area contributed by atoms with Crippen molar-refractivity contribution in [3.63, 3.8) is 0 Å². The van der Waals surface area contributed by atoms with E-state index in [1.54, 1.807) is 18.3 Å². The second-order valence-electron chi connectivity index (χ2n) is 4.34. The van der Waals surface area contributed by atoms with Gasteiger partial charge in [0.05, 0.1) is 4.88 Å². The van der Waals surface area contributed by atoms with E-state index in [1.807, 2.05) is 23.6 Å². The van der Waals surface area contributed by atoms with Gasteiger partial charge in [0.25, 0.3) is 5.91 Å². The molecule has 6 heteroatoms. The SMILES string of the molecule is O=C(C=Cc1ccc[nH]1)NCCCNC(=O)c1cccs1. The van der Waals surface area contributed by atoms with Gasteiger partial charge in [0, 0.05) is 31.1 Å². The van der Waals surface area contributed by atoms with E-state index in [0.29, 0.717) is 24.4 Å². The third-order valence-electron chi connectivity index (χ3n) is 2.72. The Morgan fingerprint density at radius 1 is 1.19 bits per heavy atom. The molecule has 21 heavy (non-hydrogen) atoms. The lowest BCUT2D eigenvalue weighted by atomic mass is 10.3. The molecular formula is C15H17N3O2S. The van der Waals surface area contributed by atoms with Crippen LogP contribution in [0.25, 0.3) is 6.08 Å². The first-order valence-corrected chi connectivity index (χ1v) is 7.54. The molecule has 2 aromatic rings. The average molecular weight is 303 g/mol. The molecule has 2 heterocycles. The van der Waals surface area contributed by atoms with E-state index in [-0.39, 0.29) is 11.8 Å². The lowest BCUT2D eigenvalue weighted by molar-refractivity contribution is -0.116. The maximum Gasteiger partial charge on any atom is 0.261 e. The van der Waals surface area contributed by atoms with Gasteiger partial charge < -0.3 is 15.6 Å². The van der Waals surface area contributed by atoms with Crippen molar-refractivity contribution in [1.82, 2.24) is 15.6 Å². The smallest absolute Gasteiger partial charge is 0.261 e. The number of hydrogen-bond acceptors (Lipinski definition) is 3. The molecule has 0 radical (unpaired) electrons. The van der Waals surface area contributed by atoms with Crippen LogP contribution in [0.4, 0.5) is 0 Å². The lowest BCUT2D eigenvalue weighted by Gasteiger charge is -2.04. The van der Waals surface area contributed by atoms with Gasteiger partial charge in [-0.25, -0.2) is 0 Å². The molecule has 2 rings (SSSR count). The molecule has 0 unspecified atom stereocenters. The predicted octanol–water partition coefficient (Wildman–Crippen LogP) is 2.03. The predicted molar refractivity (Wildman–Crippen MR) is 84.1 cm³/mol. The Morgan fingerprint density at radius 3 is 2.76 bits per heavy atom. The second-order valence-corrected chi connectivity index (χ2v) is 5.28. The fourth-order valence-electron chi connectivity index (χ4n) is 1.67. The molecule has 2 amide bonds. The summed E-state index contributed by atoms with van der Waals surface area (Å²) in [6.07, 6.45) is 5.69. The van der Waals surface area contributed by atoms with Gasteiger partial charge in [-0.3, -0.25) is 9.59 Å². The number of thiophene rings is 1. The van der Waals surface area contributed by atoms with Crippen molar-refractivity contribution < 1.29 is 9.59 Å². The van der Waals surface area contributed by atoms with Crippen molar-refractivity contribution in [3.05, 3.63) is 52.5 Å². The number of hydrogen-bond donors (Lipinski definition) is 3. The molecule has 0 aromatic carbocycles. The number of aromatic nitrogens is 1. The summed E-state index contributed by atoms with van der Waals surface area (Å²) in [5, 5.41) is 7.44. The third kappa shape index (κ3) is 5.27. The van der Waals surface area contributed by atoms with Crippen LogP contribution in [-0.2, 0) is 4.79 Å². The first-order valence-electron chi connectivity index (χ1n) is 6.67. The largest absolute Gasteiger partial charge is 0.362 e. The van der Waals surface area contributed by atoms with Crippen molar-refractivity contribution in [2.75, 3.05) is 13.1 Å². The standard InChI is InChI=1S/C15H17N3O2S/c19-14(7-6-12-4-1-8-16-12)17-9-3-10-18-15(20)13-5-2-11-21-13/h1-2,4-8,11,16H,3,9-10H2,(H,17,19)(H,18,20). The van der Waals surface area contributed by atoms with E-state index in [9.17, 15) is 9.59 Å². The van der Waals surface area contributed by atoms with Gasteiger partial charge in [0.15, 0.2) is 0 Å². The van der Waals surface area contributed by atoms with Gasteiger partial charge >= 0.3 is 0 Å². The van der Waals surface area contributed by atoms with Crippen LogP contribution in [0.1, 0.15) is 21.8 Å². The highest BCUT2D eigenvalue weighted by atomic mass is 32.1. The molecule has 0 fully saturated rings. The minimum absolute atomic E-state index is 0.0667. The summed E-state index contributed by atoms with van der Waals surface area (Å²) in [7, 11) is 0. The van der Waals surface area contributed by atoms with Gasteiger partial charge in [-0.1, -0.05) is 6.07 Å². The molecule has 5 nitrogen and oxygen atoms in total. The van der Waals surface area contributed by atoms with E-state index < -0.39 is 0 Å². The molecule has 0 spiro atoms. The monoisotopic (exact) mass is 303 g/mol. The molecule has 3 N–H and O–H groups in total. The maximum absolute atomic E-state index is 11.6. The summed E-state index contributed by atoms with van der Waals surface area (Å²) in [6.45, 7) is 1.07. The van der Waals surface area contributed by atoms with Crippen molar-refractivity contribution in [2.24, 2.45) is 0 Å². The topological polar surface area (TPSA) is 74.0 Å². The van der Waals surface area contributed by atoms with Gasteiger partial charge in [-0.05, 0) is 36.1 Å². The Hall–Kier alpha value is -2.34. The Labute approximate surface area is 127 Å². The molecule has 0 aliphatic rings. The molecular weight excluding hydrogens is 286 g/mol. The van der Waals surface area contributed by atoms with Crippen LogP contribution in [0, 0.1) is 0 Å². The van der Waals surface area contributed by atoms with Gasteiger partial charge in [-0.2, -0.15) is 0 Å². The van der Waals surface area contributed by atoms with Crippen molar-refractivity contribution >= 4 is 29.2 Å². The van der Waals surface area contributed by atoms with Crippen LogP contribution in [0.5, 0.6) is 0 Å². The normalized spacial score (nSPS) is 10.7. The third-order valence-corrected chi connectivity index (χ3v) is 3.59.